The van der Waals surface area contributed by atoms with E-state index in [4.69, 9.17) is 16.3 Å². The van der Waals surface area contributed by atoms with Crippen LogP contribution in [-0.2, 0) is 19.7 Å². The Labute approximate surface area is 159 Å². The summed E-state index contributed by atoms with van der Waals surface area (Å²) in [5.41, 5.74) is 3.48. The molecule has 3 rings (SSSR count). The first-order valence-electron chi connectivity index (χ1n) is 8.84. The Morgan fingerprint density at radius 3 is 2.77 bits per heavy atom. The van der Waals surface area contributed by atoms with Crippen LogP contribution in [0, 0.1) is 6.92 Å². The maximum Gasteiger partial charge on any atom is 0.124 e. The average molecular weight is 370 g/mol. The molecule has 1 heterocycles. The highest BCUT2D eigenvalue weighted by molar-refractivity contribution is 6.30. The topological polar surface area (TPSA) is 39.1 Å². The molecule has 4 nitrogen and oxygen atoms in total. The summed E-state index contributed by atoms with van der Waals surface area (Å²) in [4.78, 5) is 4.05. The standard InChI is InChI=1S/C21H24ClN3O/c1-17-3-5-18(6-4-17)15-26-21-8-7-20(22)13-19(21)14-23-9-2-11-25-12-10-24-16-25/h3-8,10,12-13,16,23H,2,9,11,14-15H2,1H3. The third-order valence-corrected chi connectivity index (χ3v) is 4.42. The van der Waals surface area contributed by atoms with Gasteiger partial charge in [-0.25, -0.2) is 4.98 Å². The largest absolute Gasteiger partial charge is 0.489 e. The molecule has 136 valence electrons. The molecule has 0 amide bonds. The number of benzene rings is 2. The van der Waals surface area contributed by atoms with E-state index in [9.17, 15) is 0 Å². The van der Waals surface area contributed by atoms with E-state index in [0.29, 0.717) is 6.61 Å². The van der Waals surface area contributed by atoms with Crippen LogP contribution < -0.4 is 10.1 Å². The van der Waals surface area contributed by atoms with Gasteiger partial charge in [0.05, 0.1) is 6.33 Å². The number of aromatic nitrogens is 2. The maximum atomic E-state index is 6.17. The molecule has 0 spiro atoms. The van der Waals surface area contributed by atoms with E-state index < -0.39 is 0 Å². The van der Waals surface area contributed by atoms with Crippen molar-refractivity contribution in [3.63, 3.8) is 0 Å². The van der Waals surface area contributed by atoms with Gasteiger partial charge in [-0.2, -0.15) is 0 Å². The van der Waals surface area contributed by atoms with Gasteiger partial charge in [-0.15, -0.1) is 0 Å². The number of nitrogens with one attached hydrogen (secondary N) is 1. The molecule has 0 atom stereocenters. The number of rotatable bonds is 9. The Bertz CT molecular complexity index is 801. The zero-order valence-corrected chi connectivity index (χ0v) is 15.7. The second kappa shape index (κ2) is 9.41. The van der Waals surface area contributed by atoms with Crippen LogP contribution in [0.2, 0.25) is 5.02 Å². The minimum absolute atomic E-state index is 0.551. The molecule has 2 aromatic carbocycles. The quantitative estimate of drug-likeness (QED) is 0.560. The summed E-state index contributed by atoms with van der Waals surface area (Å²) in [6.45, 7) is 5.24. The molecule has 0 aliphatic rings. The lowest BCUT2D eigenvalue weighted by Gasteiger charge is -2.13. The zero-order chi connectivity index (χ0) is 18.2. The molecule has 0 bridgehead atoms. The highest BCUT2D eigenvalue weighted by Crippen LogP contribution is 2.24. The van der Waals surface area contributed by atoms with Gasteiger partial charge in [0.1, 0.15) is 12.4 Å². The summed E-state index contributed by atoms with van der Waals surface area (Å²) >= 11 is 6.17. The van der Waals surface area contributed by atoms with Gasteiger partial charge in [-0.05, 0) is 43.7 Å². The van der Waals surface area contributed by atoms with Crippen molar-refractivity contribution in [1.29, 1.82) is 0 Å². The predicted molar refractivity (Wildman–Crippen MR) is 106 cm³/mol. The predicted octanol–water partition coefficient (Wildman–Crippen LogP) is 4.60. The highest BCUT2D eigenvalue weighted by atomic mass is 35.5. The molecule has 0 fully saturated rings. The van der Waals surface area contributed by atoms with Crippen LogP contribution in [0.25, 0.3) is 0 Å². The third kappa shape index (κ3) is 5.61. The van der Waals surface area contributed by atoms with E-state index >= 15 is 0 Å². The van der Waals surface area contributed by atoms with Crippen LogP contribution in [0.15, 0.2) is 61.2 Å². The Hall–Kier alpha value is -2.30. The molecule has 0 unspecified atom stereocenters. The number of hydrogen-bond donors (Lipinski definition) is 1. The van der Waals surface area contributed by atoms with Crippen LogP contribution in [0.4, 0.5) is 0 Å². The van der Waals surface area contributed by atoms with E-state index in [1.165, 1.54) is 5.56 Å². The molecule has 0 aliphatic carbocycles. The summed E-state index contributed by atoms with van der Waals surface area (Å²) < 4.78 is 8.10. The van der Waals surface area contributed by atoms with Gasteiger partial charge in [0.15, 0.2) is 0 Å². The molecule has 5 heteroatoms. The number of imidazole rings is 1. The summed E-state index contributed by atoms with van der Waals surface area (Å²) in [6, 6.07) is 14.2. The van der Waals surface area contributed by atoms with Crippen molar-refractivity contribution in [3.8, 4) is 5.75 Å². The molecule has 0 aliphatic heterocycles. The van der Waals surface area contributed by atoms with Gasteiger partial charge in [0.2, 0.25) is 0 Å². The lowest BCUT2D eigenvalue weighted by Crippen LogP contribution is -2.17. The van der Waals surface area contributed by atoms with Crippen LogP contribution in [-0.4, -0.2) is 16.1 Å². The monoisotopic (exact) mass is 369 g/mol. The second-order valence-electron chi connectivity index (χ2n) is 6.36. The first-order valence-corrected chi connectivity index (χ1v) is 9.22. The Kier molecular flexibility index (Phi) is 6.69. The number of hydrogen-bond acceptors (Lipinski definition) is 3. The summed E-state index contributed by atoms with van der Waals surface area (Å²) in [7, 11) is 0. The highest BCUT2D eigenvalue weighted by Gasteiger charge is 2.05. The zero-order valence-electron chi connectivity index (χ0n) is 15.0. The van der Waals surface area contributed by atoms with Gasteiger partial charge >= 0.3 is 0 Å². The van der Waals surface area contributed by atoms with Gasteiger partial charge < -0.3 is 14.6 Å². The van der Waals surface area contributed by atoms with Gasteiger partial charge in [0, 0.05) is 36.1 Å². The number of ether oxygens (including phenoxy) is 1. The fraction of sp³-hybridized carbons (Fsp3) is 0.286. The Morgan fingerprint density at radius 2 is 2.00 bits per heavy atom. The molecule has 0 radical (unpaired) electrons. The SMILES string of the molecule is Cc1ccc(COc2ccc(Cl)cc2CNCCCn2ccnc2)cc1. The third-order valence-electron chi connectivity index (χ3n) is 4.18. The summed E-state index contributed by atoms with van der Waals surface area (Å²) in [6.07, 6.45) is 6.66. The lowest BCUT2D eigenvalue weighted by atomic mass is 10.1. The van der Waals surface area contributed by atoms with Gasteiger partial charge in [-0.1, -0.05) is 41.4 Å². The van der Waals surface area contributed by atoms with Crippen molar-refractivity contribution in [3.05, 3.63) is 82.9 Å². The van der Waals surface area contributed by atoms with Crippen molar-refractivity contribution in [2.24, 2.45) is 0 Å². The van der Waals surface area contributed by atoms with Gasteiger partial charge in [-0.3, -0.25) is 0 Å². The molecule has 26 heavy (non-hydrogen) atoms. The average Bonchev–Trinajstić information content (AvgIpc) is 3.15. The van der Waals surface area contributed by atoms with Gasteiger partial charge in [0.25, 0.3) is 0 Å². The smallest absolute Gasteiger partial charge is 0.124 e. The molecular weight excluding hydrogens is 346 g/mol. The number of nitrogens with zero attached hydrogens (tertiary/aromatic N) is 2. The first kappa shape index (κ1) is 18.5. The normalized spacial score (nSPS) is 10.8. The minimum Gasteiger partial charge on any atom is -0.489 e. The van der Waals surface area contributed by atoms with Crippen LogP contribution in [0.1, 0.15) is 23.1 Å². The lowest BCUT2D eigenvalue weighted by molar-refractivity contribution is 0.302. The fourth-order valence-corrected chi connectivity index (χ4v) is 2.90. The van der Waals surface area contributed by atoms with E-state index in [0.717, 1.165) is 48.0 Å². The van der Waals surface area contributed by atoms with Crippen LogP contribution >= 0.6 is 11.6 Å². The van der Waals surface area contributed by atoms with E-state index in [1.807, 2.05) is 30.7 Å². The second-order valence-corrected chi connectivity index (χ2v) is 6.79. The first-order chi connectivity index (χ1) is 12.7. The maximum absolute atomic E-state index is 6.17. The van der Waals surface area contributed by atoms with Crippen molar-refractivity contribution in [2.75, 3.05) is 6.54 Å². The summed E-state index contributed by atoms with van der Waals surface area (Å²) in [5.74, 6) is 0.872. The van der Waals surface area contributed by atoms with Crippen molar-refractivity contribution < 1.29 is 4.74 Å². The molecule has 1 N–H and O–H groups in total. The van der Waals surface area contributed by atoms with Crippen molar-refractivity contribution in [1.82, 2.24) is 14.9 Å². The van der Waals surface area contributed by atoms with E-state index in [2.05, 4.69) is 46.1 Å². The summed E-state index contributed by atoms with van der Waals surface area (Å²) in [5, 5.41) is 4.19. The Balaban J connectivity index is 1.51. The number of halogens is 1. The van der Waals surface area contributed by atoms with E-state index in [1.54, 1.807) is 6.20 Å². The molecule has 3 aromatic rings. The number of aryl methyl sites for hydroxylation is 2. The molecule has 0 saturated carbocycles. The van der Waals surface area contributed by atoms with Crippen LogP contribution in [0.3, 0.4) is 0 Å². The van der Waals surface area contributed by atoms with Crippen molar-refractivity contribution in [2.45, 2.75) is 33.0 Å². The van der Waals surface area contributed by atoms with E-state index in [-0.39, 0.29) is 0 Å². The molecule has 0 saturated heterocycles. The van der Waals surface area contributed by atoms with Crippen molar-refractivity contribution >= 4 is 11.6 Å². The molecular formula is C21H24ClN3O. The van der Waals surface area contributed by atoms with Crippen LogP contribution in [0.5, 0.6) is 5.75 Å². The minimum atomic E-state index is 0.551. The molecule has 1 aromatic heterocycles. The Morgan fingerprint density at radius 1 is 1.15 bits per heavy atom. The fourth-order valence-electron chi connectivity index (χ4n) is 2.70.